The third-order valence-electron chi connectivity index (χ3n) is 2.85. The first-order valence-corrected chi connectivity index (χ1v) is 6.10. The van der Waals surface area contributed by atoms with E-state index in [0.29, 0.717) is 18.5 Å². The van der Waals surface area contributed by atoms with Gasteiger partial charge in [-0.2, -0.15) is 4.98 Å². The Labute approximate surface area is 105 Å². The summed E-state index contributed by atoms with van der Waals surface area (Å²) in [4.78, 5) is 3.91. The van der Waals surface area contributed by atoms with E-state index in [-0.39, 0.29) is 0 Å². The van der Waals surface area contributed by atoms with Crippen LogP contribution in [0.5, 0.6) is 5.75 Å². The predicted octanol–water partition coefficient (Wildman–Crippen LogP) is 1.90. The van der Waals surface area contributed by atoms with Crippen molar-refractivity contribution in [1.82, 2.24) is 15.5 Å². The van der Waals surface area contributed by atoms with E-state index in [1.807, 2.05) is 18.2 Å². The van der Waals surface area contributed by atoms with Crippen LogP contribution < -0.4 is 10.1 Å². The Morgan fingerprint density at radius 1 is 1.39 bits per heavy atom. The fraction of sp³-hybridized carbons (Fsp3) is 0.385. The Hall–Kier alpha value is -1.88. The summed E-state index contributed by atoms with van der Waals surface area (Å²) in [6.45, 7) is 1.22. The number of benzene rings is 1. The van der Waals surface area contributed by atoms with E-state index >= 15 is 0 Å². The molecule has 0 aliphatic heterocycles. The fourth-order valence-corrected chi connectivity index (χ4v) is 1.70. The van der Waals surface area contributed by atoms with Gasteiger partial charge in [-0.1, -0.05) is 17.3 Å². The van der Waals surface area contributed by atoms with Gasteiger partial charge in [0.2, 0.25) is 12.2 Å². The van der Waals surface area contributed by atoms with E-state index < -0.39 is 0 Å². The van der Waals surface area contributed by atoms with Gasteiger partial charge < -0.3 is 14.6 Å². The average molecular weight is 245 g/mol. The molecule has 1 saturated carbocycles. The molecule has 0 atom stereocenters. The van der Waals surface area contributed by atoms with Crippen LogP contribution in [-0.4, -0.2) is 16.2 Å². The van der Waals surface area contributed by atoms with Crippen molar-refractivity contribution in [2.24, 2.45) is 0 Å². The monoisotopic (exact) mass is 245 g/mol. The number of hydrogen-bond acceptors (Lipinski definition) is 5. The van der Waals surface area contributed by atoms with Crippen LogP contribution in [-0.2, 0) is 13.2 Å². The van der Waals surface area contributed by atoms with E-state index in [0.717, 1.165) is 12.3 Å². The molecular weight excluding hydrogens is 230 g/mol. The number of ether oxygens (including phenoxy) is 1. The number of hydrogen-bond donors (Lipinski definition) is 1. The molecule has 3 rings (SSSR count). The van der Waals surface area contributed by atoms with Gasteiger partial charge in [-0.3, -0.25) is 0 Å². The molecule has 5 heteroatoms. The van der Waals surface area contributed by atoms with E-state index in [1.165, 1.54) is 24.8 Å². The van der Waals surface area contributed by atoms with Crippen LogP contribution in [0.25, 0.3) is 0 Å². The Morgan fingerprint density at radius 2 is 2.33 bits per heavy atom. The number of aromatic nitrogens is 2. The largest absolute Gasteiger partial charge is 0.485 e. The second-order valence-electron chi connectivity index (χ2n) is 4.44. The molecule has 1 fully saturated rings. The summed E-state index contributed by atoms with van der Waals surface area (Å²) >= 11 is 0. The minimum absolute atomic E-state index is 0.329. The third-order valence-corrected chi connectivity index (χ3v) is 2.85. The maximum absolute atomic E-state index is 5.60. The van der Waals surface area contributed by atoms with E-state index in [2.05, 4.69) is 26.0 Å². The van der Waals surface area contributed by atoms with Crippen LogP contribution in [0.2, 0.25) is 0 Å². The molecule has 1 heterocycles. The highest BCUT2D eigenvalue weighted by atomic mass is 16.5. The van der Waals surface area contributed by atoms with E-state index in [9.17, 15) is 0 Å². The predicted molar refractivity (Wildman–Crippen MR) is 64.9 cm³/mol. The average Bonchev–Trinajstić information content (AvgIpc) is 3.09. The van der Waals surface area contributed by atoms with Gasteiger partial charge in [0.15, 0.2) is 6.61 Å². The Balaban J connectivity index is 1.55. The second kappa shape index (κ2) is 5.18. The first-order valence-electron chi connectivity index (χ1n) is 6.10. The minimum Gasteiger partial charge on any atom is -0.485 e. The highest BCUT2D eigenvalue weighted by Gasteiger charge is 2.19. The molecule has 18 heavy (non-hydrogen) atoms. The van der Waals surface area contributed by atoms with Gasteiger partial charge in [0.25, 0.3) is 0 Å². The highest BCUT2D eigenvalue weighted by molar-refractivity contribution is 5.28. The van der Waals surface area contributed by atoms with Gasteiger partial charge in [0, 0.05) is 12.6 Å². The van der Waals surface area contributed by atoms with Crippen molar-refractivity contribution >= 4 is 0 Å². The second-order valence-corrected chi connectivity index (χ2v) is 4.44. The van der Waals surface area contributed by atoms with Crippen LogP contribution in [0.15, 0.2) is 35.2 Å². The van der Waals surface area contributed by atoms with Crippen LogP contribution in [0.1, 0.15) is 24.2 Å². The Kier molecular flexibility index (Phi) is 3.23. The molecule has 1 N–H and O–H groups in total. The normalized spacial score (nSPS) is 14.7. The topological polar surface area (TPSA) is 60.2 Å². The van der Waals surface area contributed by atoms with Gasteiger partial charge in [-0.15, -0.1) is 0 Å². The molecule has 0 bridgehead atoms. The lowest BCUT2D eigenvalue weighted by Gasteiger charge is -2.07. The standard InChI is InChI=1S/C13H15N3O2/c1-2-10(7-14-11-4-5-11)6-12(3-1)17-8-13-15-9-18-16-13/h1-3,6,9,11,14H,4-5,7-8H2. The summed E-state index contributed by atoms with van der Waals surface area (Å²) in [6.07, 6.45) is 3.90. The zero-order valence-corrected chi connectivity index (χ0v) is 10.0. The van der Waals surface area contributed by atoms with E-state index in [4.69, 9.17) is 4.74 Å². The van der Waals surface area contributed by atoms with Crippen LogP contribution in [0.3, 0.4) is 0 Å². The lowest BCUT2D eigenvalue weighted by molar-refractivity contribution is 0.286. The quantitative estimate of drug-likeness (QED) is 0.842. The maximum Gasteiger partial charge on any atom is 0.213 e. The third kappa shape index (κ3) is 3.07. The molecule has 5 nitrogen and oxygen atoms in total. The number of nitrogens with zero attached hydrogens (tertiary/aromatic N) is 2. The van der Waals surface area contributed by atoms with Crippen LogP contribution in [0.4, 0.5) is 0 Å². The lowest BCUT2D eigenvalue weighted by atomic mass is 10.2. The van der Waals surface area contributed by atoms with Gasteiger partial charge in [0.05, 0.1) is 0 Å². The summed E-state index contributed by atoms with van der Waals surface area (Å²) in [5, 5.41) is 7.17. The van der Waals surface area contributed by atoms with Crippen molar-refractivity contribution in [2.45, 2.75) is 32.0 Å². The van der Waals surface area contributed by atoms with Crippen LogP contribution in [0, 0.1) is 0 Å². The molecule has 0 saturated heterocycles. The summed E-state index contributed by atoms with van der Waals surface area (Å²) in [7, 11) is 0. The fourth-order valence-electron chi connectivity index (χ4n) is 1.70. The van der Waals surface area contributed by atoms with Crippen molar-refractivity contribution < 1.29 is 9.26 Å². The molecule has 0 radical (unpaired) electrons. The molecule has 94 valence electrons. The van der Waals surface area contributed by atoms with Crippen LogP contribution >= 0.6 is 0 Å². The Morgan fingerprint density at radius 3 is 3.11 bits per heavy atom. The summed E-state index contributed by atoms with van der Waals surface area (Å²) < 4.78 is 10.2. The van der Waals surface area contributed by atoms with Gasteiger partial charge in [-0.25, -0.2) is 0 Å². The van der Waals surface area contributed by atoms with Crippen molar-refractivity contribution in [2.75, 3.05) is 0 Å². The molecule has 1 aliphatic carbocycles. The zero-order chi connectivity index (χ0) is 12.2. The summed E-state index contributed by atoms with van der Waals surface area (Å²) in [5.41, 5.74) is 1.23. The molecule has 2 aromatic rings. The van der Waals surface area contributed by atoms with Gasteiger partial charge in [-0.05, 0) is 30.5 Å². The molecular formula is C13H15N3O2. The van der Waals surface area contributed by atoms with E-state index in [1.54, 1.807) is 0 Å². The first-order chi connectivity index (χ1) is 8.90. The molecule has 1 aromatic carbocycles. The molecule has 1 aliphatic rings. The van der Waals surface area contributed by atoms with Gasteiger partial charge in [0.1, 0.15) is 5.75 Å². The molecule has 0 unspecified atom stereocenters. The molecule has 1 aromatic heterocycles. The first kappa shape index (κ1) is 11.2. The van der Waals surface area contributed by atoms with Crippen molar-refractivity contribution in [3.05, 3.63) is 42.0 Å². The maximum atomic E-state index is 5.60. The molecule has 0 spiro atoms. The SMILES string of the molecule is c1cc(CNC2CC2)cc(OCc2ncon2)c1. The number of nitrogens with one attached hydrogen (secondary N) is 1. The summed E-state index contributed by atoms with van der Waals surface area (Å²) in [5.74, 6) is 1.38. The smallest absolute Gasteiger partial charge is 0.213 e. The van der Waals surface area contributed by atoms with Crippen molar-refractivity contribution in [3.8, 4) is 5.75 Å². The lowest BCUT2D eigenvalue weighted by Crippen LogP contribution is -2.15. The number of rotatable bonds is 6. The van der Waals surface area contributed by atoms with Crippen molar-refractivity contribution in [1.29, 1.82) is 0 Å². The minimum atomic E-state index is 0.329. The summed E-state index contributed by atoms with van der Waals surface area (Å²) in [6, 6.07) is 8.77. The molecule has 0 amide bonds. The van der Waals surface area contributed by atoms with Gasteiger partial charge >= 0.3 is 0 Å². The van der Waals surface area contributed by atoms with Crippen molar-refractivity contribution in [3.63, 3.8) is 0 Å². The Bertz CT molecular complexity index is 495. The zero-order valence-electron chi connectivity index (χ0n) is 10.0. The highest BCUT2D eigenvalue weighted by Crippen LogP contribution is 2.20.